The highest BCUT2D eigenvalue weighted by Crippen LogP contribution is 2.20. The van der Waals surface area contributed by atoms with Crippen LogP contribution >= 0.6 is 23.2 Å². The Bertz CT molecular complexity index is 528. The Morgan fingerprint density at radius 3 is 2.48 bits per heavy atom. The Balaban J connectivity index is 2.56. The molecule has 1 aromatic rings. The maximum atomic E-state index is 11.8. The highest BCUT2D eigenvalue weighted by Gasteiger charge is 2.19. The third-order valence-corrected chi connectivity index (χ3v) is 3.84. The molecule has 0 heterocycles. The molecule has 4 nitrogen and oxygen atoms in total. The van der Waals surface area contributed by atoms with Gasteiger partial charge < -0.3 is 15.4 Å². The summed E-state index contributed by atoms with van der Waals surface area (Å²) >= 11 is 12.2. The highest BCUT2D eigenvalue weighted by molar-refractivity contribution is 6.33. The minimum atomic E-state index is -0.501. The summed E-state index contributed by atoms with van der Waals surface area (Å²) in [5, 5.41) is 7.53. The number of hydrogen-bond donors (Lipinski definition) is 2. The van der Waals surface area contributed by atoms with Crippen LogP contribution in [0.4, 0.5) is 4.79 Å². The number of ether oxygens (including phenoxy) is 1. The summed E-state index contributed by atoms with van der Waals surface area (Å²) in [5.74, 6) is 0.336. The second-order valence-electron chi connectivity index (χ2n) is 6.85. The normalized spacial score (nSPS) is 13.0. The van der Waals surface area contributed by atoms with E-state index >= 15 is 0 Å². The van der Waals surface area contributed by atoms with Crippen LogP contribution in [0.2, 0.25) is 10.0 Å². The van der Waals surface area contributed by atoms with Crippen molar-refractivity contribution in [3.8, 4) is 0 Å². The van der Waals surface area contributed by atoms with E-state index < -0.39 is 11.7 Å². The summed E-state index contributed by atoms with van der Waals surface area (Å²) in [6.45, 7) is 10.8. The third kappa shape index (κ3) is 7.91. The molecule has 1 rings (SSSR count). The lowest BCUT2D eigenvalue weighted by atomic mass is 10.0. The van der Waals surface area contributed by atoms with Crippen molar-refractivity contribution in [2.75, 3.05) is 6.54 Å². The van der Waals surface area contributed by atoms with Crippen molar-refractivity contribution in [3.05, 3.63) is 33.8 Å². The van der Waals surface area contributed by atoms with Gasteiger partial charge in [0.2, 0.25) is 0 Å². The number of carbonyl (C=O) groups excluding carboxylic acids is 1. The first-order chi connectivity index (χ1) is 10.6. The van der Waals surface area contributed by atoms with E-state index in [-0.39, 0.29) is 6.04 Å². The van der Waals surface area contributed by atoms with Gasteiger partial charge in [-0.25, -0.2) is 4.79 Å². The lowest BCUT2D eigenvalue weighted by molar-refractivity contribution is 0.0519. The number of nitrogens with one attached hydrogen (secondary N) is 2. The SMILES string of the molecule is CC(C)C(CNC(=O)OC(C)(C)C)NCc1cc(Cl)ccc1Cl. The van der Waals surface area contributed by atoms with Crippen LogP contribution in [0.25, 0.3) is 0 Å². The fourth-order valence-electron chi connectivity index (χ4n) is 1.97. The van der Waals surface area contributed by atoms with Crippen molar-refractivity contribution in [2.45, 2.75) is 52.8 Å². The van der Waals surface area contributed by atoms with E-state index in [2.05, 4.69) is 24.5 Å². The van der Waals surface area contributed by atoms with Gasteiger partial charge in [-0.3, -0.25) is 0 Å². The first-order valence-electron chi connectivity index (χ1n) is 7.72. The monoisotopic (exact) mass is 360 g/mol. The number of carbonyl (C=O) groups is 1. The predicted molar refractivity (Wildman–Crippen MR) is 96.2 cm³/mol. The van der Waals surface area contributed by atoms with Gasteiger partial charge in [-0.05, 0) is 50.5 Å². The zero-order valence-corrected chi connectivity index (χ0v) is 15.9. The molecule has 0 aliphatic rings. The summed E-state index contributed by atoms with van der Waals surface area (Å²) in [5.41, 5.74) is 0.432. The smallest absolute Gasteiger partial charge is 0.407 e. The molecule has 6 heteroatoms. The zero-order valence-electron chi connectivity index (χ0n) is 14.4. The number of benzene rings is 1. The maximum absolute atomic E-state index is 11.8. The first-order valence-corrected chi connectivity index (χ1v) is 8.48. The molecule has 0 fully saturated rings. The average molecular weight is 361 g/mol. The van der Waals surface area contributed by atoms with E-state index in [9.17, 15) is 4.79 Å². The largest absolute Gasteiger partial charge is 0.444 e. The summed E-state index contributed by atoms with van der Waals surface area (Å²) in [4.78, 5) is 11.8. The molecule has 1 aromatic carbocycles. The molecule has 23 heavy (non-hydrogen) atoms. The van der Waals surface area contributed by atoms with E-state index in [1.165, 1.54) is 0 Å². The van der Waals surface area contributed by atoms with Gasteiger partial charge in [0.1, 0.15) is 5.60 Å². The molecule has 1 unspecified atom stereocenters. The highest BCUT2D eigenvalue weighted by atomic mass is 35.5. The molecule has 0 aliphatic carbocycles. The zero-order chi connectivity index (χ0) is 17.6. The fourth-order valence-corrected chi connectivity index (χ4v) is 2.35. The van der Waals surface area contributed by atoms with Crippen LogP contribution in [-0.4, -0.2) is 24.3 Å². The number of rotatable bonds is 6. The Morgan fingerprint density at radius 1 is 1.26 bits per heavy atom. The number of alkyl carbamates (subject to hydrolysis) is 1. The molecule has 0 radical (unpaired) electrons. The summed E-state index contributed by atoms with van der Waals surface area (Å²) in [6.07, 6.45) is -0.411. The van der Waals surface area contributed by atoms with Crippen LogP contribution in [0.3, 0.4) is 0 Å². The third-order valence-electron chi connectivity index (χ3n) is 3.23. The predicted octanol–water partition coefficient (Wildman–Crippen LogP) is 4.63. The Labute approximate surface area is 148 Å². The molecular weight excluding hydrogens is 335 g/mol. The number of hydrogen-bond acceptors (Lipinski definition) is 3. The minimum absolute atomic E-state index is 0.0950. The number of halogens is 2. The average Bonchev–Trinajstić information content (AvgIpc) is 2.40. The molecular formula is C17H26Cl2N2O2. The van der Waals surface area contributed by atoms with Crippen molar-refractivity contribution in [1.29, 1.82) is 0 Å². The molecule has 0 saturated carbocycles. The first kappa shape index (κ1) is 20.1. The summed E-state index contributed by atoms with van der Waals surface area (Å²) in [6, 6.07) is 5.48. The van der Waals surface area contributed by atoms with E-state index in [1.807, 2.05) is 26.8 Å². The van der Waals surface area contributed by atoms with Crippen LogP contribution in [0.15, 0.2) is 18.2 Å². The molecule has 2 N–H and O–H groups in total. The van der Waals surface area contributed by atoms with Crippen LogP contribution < -0.4 is 10.6 Å². The lowest BCUT2D eigenvalue weighted by Crippen LogP contribution is -2.45. The van der Waals surface area contributed by atoms with Gasteiger partial charge in [0, 0.05) is 29.2 Å². The van der Waals surface area contributed by atoms with Crippen LogP contribution in [0.5, 0.6) is 0 Å². The van der Waals surface area contributed by atoms with Gasteiger partial charge >= 0.3 is 6.09 Å². The second kappa shape index (κ2) is 8.76. The van der Waals surface area contributed by atoms with Crippen molar-refractivity contribution in [1.82, 2.24) is 10.6 Å². The molecule has 0 saturated heterocycles. The van der Waals surface area contributed by atoms with Crippen molar-refractivity contribution in [2.24, 2.45) is 5.92 Å². The van der Waals surface area contributed by atoms with Gasteiger partial charge in [-0.1, -0.05) is 37.0 Å². The van der Waals surface area contributed by atoms with Gasteiger partial charge in [0.25, 0.3) is 0 Å². The summed E-state index contributed by atoms with van der Waals surface area (Å²) < 4.78 is 5.25. The molecule has 1 amide bonds. The minimum Gasteiger partial charge on any atom is -0.444 e. The quantitative estimate of drug-likeness (QED) is 0.777. The molecule has 0 aliphatic heterocycles. The van der Waals surface area contributed by atoms with Crippen LogP contribution in [0.1, 0.15) is 40.2 Å². The lowest BCUT2D eigenvalue weighted by Gasteiger charge is -2.25. The van der Waals surface area contributed by atoms with E-state index in [1.54, 1.807) is 12.1 Å². The Hall–Kier alpha value is -0.970. The summed E-state index contributed by atoms with van der Waals surface area (Å²) in [7, 11) is 0. The van der Waals surface area contributed by atoms with Crippen LogP contribution in [0, 0.1) is 5.92 Å². The molecule has 0 spiro atoms. The molecule has 1 atom stereocenters. The topological polar surface area (TPSA) is 50.4 Å². The van der Waals surface area contributed by atoms with Gasteiger partial charge in [-0.2, -0.15) is 0 Å². The molecule has 0 bridgehead atoms. The second-order valence-corrected chi connectivity index (χ2v) is 7.69. The van der Waals surface area contributed by atoms with Crippen molar-refractivity contribution in [3.63, 3.8) is 0 Å². The molecule has 0 aromatic heterocycles. The van der Waals surface area contributed by atoms with Crippen molar-refractivity contribution >= 4 is 29.3 Å². The van der Waals surface area contributed by atoms with E-state index in [0.29, 0.717) is 29.1 Å². The van der Waals surface area contributed by atoms with Crippen molar-refractivity contribution < 1.29 is 9.53 Å². The Kier molecular flexibility index (Phi) is 7.65. The van der Waals surface area contributed by atoms with Gasteiger partial charge in [0.05, 0.1) is 0 Å². The van der Waals surface area contributed by atoms with E-state index in [0.717, 1.165) is 5.56 Å². The van der Waals surface area contributed by atoms with Crippen LogP contribution in [-0.2, 0) is 11.3 Å². The standard InChI is InChI=1S/C17H26Cl2N2O2/c1-11(2)15(10-21-16(22)23-17(3,4)5)20-9-12-8-13(18)6-7-14(12)19/h6-8,11,15,20H,9-10H2,1-5H3,(H,21,22). The van der Waals surface area contributed by atoms with E-state index in [4.69, 9.17) is 27.9 Å². The van der Waals surface area contributed by atoms with Gasteiger partial charge in [-0.15, -0.1) is 0 Å². The van der Waals surface area contributed by atoms with Gasteiger partial charge in [0.15, 0.2) is 0 Å². The molecule has 130 valence electrons. The number of amides is 1. The fraction of sp³-hybridized carbons (Fsp3) is 0.588. The Morgan fingerprint density at radius 2 is 1.91 bits per heavy atom. The maximum Gasteiger partial charge on any atom is 0.407 e.